The molecular weight excluding hydrogens is 352 g/mol. The number of carbonyl (C=O) groups is 1. The van der Waals surface area contributed by atoms with Crippen LogP contribution in [0.3, 0.4) is 0 Å². The van der Waals surface area contributed by atoms with E-state index in [4.69, 9.17) is 4.98 Å². The van der Waals surface area contributed by atoms with Gasteiger partial charge in [-0.05, 0) is 51.3 Å². The second-order valence-corrected chi connectivity index (χ2v) is 7.68. The zero-order valence-corrected chi connectivity index (χ0v) is 16.6. The summed E-state index contributed by atoms with van der Waals surface area (Å²) in [5.41, 5.74) is 3.78. The third-order valence-corrected chi connectivity index (χ3v) is 5.44. The second kappa shape index (κ2) is 8.14. The van der Waals surface area contributed by atoms with Gasteiger partial charge in [-0.25, -0.2) is 4.98 Å². The number of aryl methyl sites for hydroxylation is 2. The minimum Gasteiger partial charge on any atom is -0.342 e. The molecule has 3 aromatic rings. The Labute approximate surface area is 165 Å². The fourth-order valence-corrected chi connectivity index (χ4v) is 4.03. The van der Waals surface area contributed by atoms with Crippen LogP contribution in [0.25, 0.3) is 11.0 Å². The van der Waals surface area contributed by atoms with E-state index in [1.807, 2.05) is 42.9 Å². The van der Waals surface area contributed by atoms with Crippen molar-refractivity contribution < 1.29 is 4.79 Å². The van der Waals surface area contributed by atoms with Gasteiger partial charge in [0.15, 0.2) is 0 Å². The van der Waals surface area contributed by atoms with Gasteiger partial charge in [-0.2, -0.15) is 5.10 Å². The number of hydrogen-bond acceptors (Lipinski definition) is 4. The lowest BCUT2D eigenvalue weighted by Gasteiger charge is -2.31. The number of hydrogen-bond donors (Lipinski definition) is 2. The molecule has 0 radical (unpaired) electrons. The van der Waals surface area contributed by atoms with Gasteiger partial charge in [-0.1, -0.05) is 12.1 Å². The highest BCUT2D eigenvalue weighted by molar-refractivity contribution is 5.92. The molecule has 1 saturated heterocycles. The van der Waals surface area contributed by atoms with E-state index in [-0.39, 0.29) is 5.91 Å². The van der Waals surface area contributed by atoms with Crippen molar-refractivity contribution >= 4 is 22.6 Å². The van der Waals surface area contributed by atoms with E-state index < -0.39 is 0 Å². The number of rotatable bonds is 6. The summed E-state index contributed by atoms with van der Waals surface area (Å²) < 4.78 is 1.84. The van der Waals surface area contributed by atoms with Crippen LogP contribution < -0.4 is 5.32 Å². The molecule has 1 atom stereocenters. The number of anilines is 1. The minimum absolute atomic E-state index is 0.0307. The Morgan fingerprint density at radius 1 is 1.36 bits per heavy atom. The summed E-state index contributed by atoms with van der Waals surface area (Å²) in [6.07, 6.45) is 5.12. The van der Waals surface area contributed by atoms with Crippen LogP contribution in [0.5, 0.6) is 0 Å². The smallest absolute Gasteiger partial charge is 0.238 e. The van der Waals surface area contributed by atoms with Crippen molar-refractivity contribution in [2.45, 2.75) is 39.7 Å². The number of fused-ring (bicyclic) bond motifs is 1. The molecular formula is C21H28N6O. The Hall–Kier alpha value is -2.67. The fraction of sp³-hybridized carbons (Fsp3) is 0.476. The SMILES string of the molecule is CCn1cc(NC(=O)CN2CCC[C@@H](Cc3nc4ccccc4[nH]3)C2)c(C)n1. The fourth-order valence-electron chi connectivity index (χ4n) is 4.03. The van der Waals surface area contributed by atoms with Crippen LogP contribution in [-0.2, 0) is 17.8 Å². The summed E-state index contributed by atoms with van der Waals surface area (Å²) in [5, 5.41) is 7.40. The number of carbonyl (C=O) groups excluding carboxylic acids is 1. The average molecular weight is 380 g/mol. The van der Waals surface area contributed by atoms with E-state index in [1.165, 1.54) is 6.42 Å². The maximum absolute atomic E-state index is 12.5. The number of likely N-dealkylation sites (tertiary alicyclic amines) is 1. The molecule has 3 heterocycles. The quantitative estimate of drug-likeness (QED) is 0.689. The van der Waals surface area contributed by atoms with E-state index >= 15 is 0 Å². The number of para-hydroxylation sites is 2. The summed E-state index contributed by atoms with van der Waals surface area (Å²) in [7, 11) is 0. The van der Waals surface area contributed by atoms with Crippen molar-refractivity contribution in [1.82, 2.24) is 24.6 Å². The lowest BCUT2D eigenvalue weighted by molar-refractivity contribution is -0.117. The van der Waals surface area contributed by atoms with Gasteiger partial charge in [0.2, 0.25) is 5.91 Å². The van der Waals surface area contributed by atoms with Crippen LogP contribution in [-0.4, -0.2) is 50.2 Å². The van der Waals surface area contributed by atoms with Crippen molar-refractivity contribution in [3.63, 3.8) is 0 Å². The predicted molar refractivity (Wildman–Crippen MR) is 110 cm³/mol. The zero-order valence-electron chi connectivity index (χ0n) is 16.6. The maximum Gasteiger partial charge on any atom is 0.238 e. The predicted octanol–water partition coefficient (Wildman–Crippen LogP) is 2.98. The molecule has 0 unspecified atom stereocenters. The van der Waals surface area contributed by atoms with Crippen molar-refractivity contribution in [1.29, 1.82) is 0 Å². The van der Waals surface area contributed by atoms with E-state index in [1.54, 1.807) is 0 Å². The van der Waals surface area contributed by atoms with Crippen LogP contribution >= 0.6 is 0 Å². The molecule has 2 N–H and O–H groups in total. The van der Waals surface area contributed by atoms with Gasteiger partial charge in [0.25, 0.3) is 0 Å². The van der Waals surface area contributed by atoms with Crippen LogP contribution in [0.15, 0.2) is 30.5 Å². The van der Waals surface area contributed by atoms with Gasteiger partial charge in [-0.3, -0.25) is 14.4 Å². The summed E-state index contributed by atoms with van der Waals surface area (Å²) in [5.74, 6) is 1.59. The molecule has 7 heteroatoms. The normalized spacial score (nSPS) is 17.9. The number of imidazole rings is 1. The molecule has 1 fully saturated rings. The number of nitrogens with one attached hydrogen (secondary N) is 2. The van der Waals surface area contributed by atoms with Crippen LogP contribution in [0, 0.1) is 12.8 Å². The molecule has 0 saturated carbocycles. The first-order valence-corrected chi connectivity index (χ1v) is 10.1. The van der Waals surface area contributed by atoms with Gasteiger partial charge in [-0.15, -0.1) is 0 Å². The van der Waals surface area contributed by atoms with E-state index in [0.717, 1.165) is 60.7 Å². The zero-order chi connectivity index (χ0) is 19.5. The number of nitrogens with zero attached hydrogens (tertiary/aromatic N) is 4. The highest BCUT2D eigenvalue weighted by Crippen LogP contribution is 2.21. The van der Waals surface area contributed by atoms with Gasteiger partial charge in [0.1, 0.15) is 5.82 Å². The Kier molecular flexibility index (Phi) is 5.43. The molecule has 1 aliphatic heterocycles. The number of H-pyrrole nitrogens is 1. The molecule has 7 nitrogen and oxygen atoms in total. The number of aromatic amines is 1. The average Bonchev–Trinajstić information content (AvgIpc) is 3.24. The van der Waals surface area contributed by atoms with Crippen LogP contribution in [0.2, 0.25) is 0 Å². The van der Waals surface area contributed by atoms with Gasteiger partial charge in [0, 0.05) is 25.7 Å². The number of amides is 1. The molecule has 28 heavy (non-hydrogen) atoms. The summed E-state index contributed by atoms with van der Waals surface area (Å²) >= 11 is 0. The molecule has 1 aromatic carbocycles. The molecule has 4 rings (SSSR count). The first-order valence-electron chi connectivity index (χ1n) is 10.1. The highest BCUT2D eigenvalue weighted by atomic mass is 16.2. The lowest BCUT2D eigenvalue weighted by Crippen LogP contribution is -2.41. The first kappa shape index (κ1) is 18.7. The molecule has 1 amide bonds. The Morgan fingerprint density at radius 3 is 3.00 bits per heavy atom. The third kappa shape index (κ3) is 4.25. The molecule has 2 aromatic heterocycles. The summed E-state index contributed by atoms with van der Waals surface area (Å²) in [6, 6.07) is 8.14. The molecule has 0 spiro atoms. The van der Waals surface area contributed by atoms with Crippen molar-refractivity contribution in [2.24, 2.45) is 5.92 Å². The minimum atomic E-state index is 0.0307. The summed E-state index contributed by atoms with van der Waals surface area (Å²) in [4.78, 5) is 22.9. The standard InChI is InChI=1S/C21H28N6O/c1-3-27-13-19(15(2)25-27)24-21(28)14-26-10-6-7-16(12-26)11-20-22-17-8-4-5-9-18(17)23-20/h4-5,8-9,13,16H,3,6-7,10-12,14H2,1-2H3,(H,22,23)(H,24,28)/t16-/m0/s1. The molecule has 148 valence electrons. The van der Waals surface area contributed by atoms with E-state index in [2.05, 4.69) is 26.4 Å². The maximum atomic E-state index is 12.5. The van der Waals surface area contributed by atoms with Crippen LogP contribution in [0.1, 0.15) is 31.3 Å². The van der Waals surface area contributed by atoms with Gasteiger partial charge in [0.05, 0.1) is 29.0 Å². The first-order chi connectivity index (χ1) is 13.6. The molecule has 0 bridgehead atoms. The van der Waals surface area contributed by atoms with Gasteiger partial charge >= 0.3 is 0 Å². The number of aromatic nitrogens is 4. The molecule has 1 aliphatic rings. The second-order valence-electron chi connectivity index (χ2n) is 7.68. The van der Waals surface area contributed by atoms with Crippen molar-refractivity contribution in [3.05, 3.63) is 42.0 Å². The van der Waals surface area contributed by atoms with Crippen molar-refractivity contribution in [2.75, 3.05) is 25.0 Å². The number of piperidine rings is 1. The Bertz CT molecular complexity index is 926. The third-order valence-electron chi connectivity index (χ3n) is 5.44. The molecule has 0 aliphatic carbocycles. The monoisotopic (exact) mass is 380 g/mol. The largest absolute Gasteiger partial charge is 0.342 e. The number of benzene rings is 1. The topological polar surface area (TPSA) is 78.8 Å². The Morgan fingerprint density at radius 2 is 2.21 bits per heavy atom. The van der Waals surface area contributed by atoms with Crippen LogP contribution in [0.4, 0.5) is 5.69 Å². The highest BCUT2D eigenvalue weighted by Gasteiger charge is 2.23. The van der Waals surface area contributed by atoms with E-state index in [0.29, 0.717) is 12.5 Å². The lowest BCUT2D eigenvalue weighted by atomic mass is 9.94. The van der Waals surface area contributed by atoms with Crippen molar-refractivity contribution in [3.8, 4) is 0 Å². The van der Waals surface area contributed by atoms with E-state index in [9.17, 15) is 4.79 Å². The summed E-state index contributed by atoms with van der Waals surface area (Å²) in [6.45, 7) is 7.08. The Balaban J connectivity index is 1.32. The van der Waals surface area contributed by atoms with Gasteiger partial charge < -0.3 is 10.3 Å².